The Kier molecular flexibility index (Phi) is 14.5. The lowest BCUT2D eigenvalue weighted by Crippen LogP contribution is -2.34. The molecule has 5 aromatic carbocycles. The van der Waals surface area contributed by atoms with E-state index in [0.717, 1.165) is 49.8 Å². The van der Waals surface area contributed by atoms with Gasteiger partial charge in [0.1, 0.15) is 5.75 Å². The van der Waals surface area contributed by atoms with Crippen LogP contribution in [-0.4, -0.2) is 11.1 Å². The zero-order valence-electron chi connectivity index (χ0n) is 38.5. The van der Waals surface area contributed by atoms with E-state index in [2.05, 4.69) is 204 Å². The second-order valence-electron chi connectivity index (χ2n) is 21.4. The van der Waals surface area contributed by atoms with Gasteiger partial charge in [0.05, 0.1) is 0 Å². The molecule has 5 aromatic rings. The smallest absolute Gasteiger partial charge is 0.123 e. The van der Waals surface area contributed by atoms with E-state index in [9.17, 15) is 5.11 Å². The standard InChI is InChI=1S/C56H75NO/c1-39(2)30-41(4)57(38-49-35-51(55(8,9)10)53(58)52(36-49)56(11,12)13)50-28-26-48(27-29-50)34-47-24-22-46(23-25-47)33-45-20-18-44(19-21-45)32-43-16-14-42(15-17-43)31-40(3)37-54(5,6)7/h14-29,35-36,39-41,58H,30-34,37-38H2,1-13H3. The highest BCUT2D eigenvalue weighted by atomic mass is 16.3. The highest BCUT2D eigenvalue weighted by molar-refractivity contribution is 5.53. The number of aromatic hydroxyl groups is 1. The topological polar surface area (TPSA) is 23.5 Å². The molecule has 0 aromatic heterocycles. The number of hydrogen-bond acceptors (Lipinski definition) is 2. The number of nitrogens with zero attached hydrogens (tertiary/aromatic N) is 1. The Labute approximate surface area is 354 Å². The maximum absolute atomic E-state index is 11.4. The normalized spacial score (nSPS) is 13.5. The zero-order valence-corrected chi connectivity index (χ0v) is 38.5. The maximum atomic E-state index is 11.4. The van der Waals surface area contributed by atoms with Crippen LogP contribution in [0.25, 0.3) is 0 Å². The SMILES string of the molecule is CC(C)CC(C)N(Cc1cc(C(C)(C)C)c(O)c(C(C)(C)C)c1)c1ccc(Cc2ccc(Cc3ccc(Cc4ccc(CC(C)CC(C)(C)C)cc4)cc3)cc2)cc1. The molecule has 0 aliphatic carbocycles. The van der Waals surface area contributed by atoms with Crippen LogP contribution in [0, 0.1) is 17.3 Å². The second-order valence-corrected chi connectivity index (χ2v) is 21.4. The molecule has 2 heteroatoms. The van der Waals surface area contributed by atoms with Crippen LogP contribution in [0.1, 0.15) is 158 Å². The Bertz CT molecular complexity index is 1990. The number of phenolic OH excluding ortho intramolecular Hbond substituents is 1. The van der Waals surface area contributed by atoms with Gasteiger partial charge in [-0.3, -0.25) is 0 Å². The molecule has 1 N–H and O–H groups in total. The zero-order chi connectivity index (χ0) is 42.4. The lowest BCUT2D eigenvalue weighted by Gasteiger charge is -2.34. The molecule has 2 nitrogen and oxygen atoms in total. The van der Waals surface area contributed by atoms with Gasteiger partial charge in [0, 0.05) is 18.3 Å². The van der Waals surface area contributed by atoms with Gasteiger partial charge in [-0.05, 0) is 153 Å². The Morgan fingerprint density at radius 3 is 1.16 bits per heavy atom. The molecule has 0 bridgehead atoms. The third-order valence-electron chi connectivity index (χ3n) is 11.6. The van der Waals surface area contributed by atoms with Crippen LogP contribution in [0.4, 0.5) is 5.69 Å². The van der Waals surface area contributed by atoms with E-state index in [1.807, 2.05) is 0 Å². The first kappa shape index (κ1) is 44.8. The summed E-state index contributed by atoms with van der Waals surface area (Å²) < 4.78 is 0. The van der Waals surface area contributed by atoms with Crippen molar-refractivity contribution < 1.29 is 5.11 Å². The van der Waals surface area contributed by atoms with Crippen molar-refractivity contribution in [2.24, 2.45) is 17.3 Å². The molecule has 310 valence electrons. The molecule has 2 atom stereocenters. The summed E-state index contributed by atoms with van der Waals surface area (Å²) in [7, 11) is 0. The van der Waals surface area contributed by atoms with Gasteiger partial charge in [0.15, 0.2) is 0 Å². The summed E-state index contributed by atoms with van der Waals surface area (Å²) in [4.78, 5) is 2.56. The minimum absolute atomic E-state index is 0.154. The van der Waals surface area contributed by atoms with Gasteiger partial charge in [-0.2, -0.15) is 0 Å². The number of hydrogen-bond donors (Lipinski definition) is 1. The Morgan fingerprint density at radius 2 is 0.828 bits per heavy atom. The lowest BCUT2D eigenvalue weighted by atomic mass is 9.78. The third-order valence-corrected chi connectivity index (χ3v) is 11.6. The molecule has 0 saturated carbocycles. The minimum atomic E-state index is -0.154. The highest BCUT2D eigenvalue weighted by Crippen LogP contribution is 2.40. The van der Waals surface area contributed by atoms with E-state index in [-0.39, 0.29) is 10.8 Å². The molecule has 0 radical (unpaired) electrons. The van der Waals surface area contributed by atoms with Crippen molar-refractivity contribution in [2.45, 2.75) is 152 Å². The predicted molar refractivity (Wildman–Crippen MR) is 252 cm³/mol. The van der Waals surface area contributed by atoms with E-state index >= 15 is 0 Å². The fourth-order valence-corrected chi connectivity index (χ4v) is 8.81. The highest BCUT2D eigenvalue weighted by Gasteiger charge is 2.28. The molecule has 0 spiro atoms. The summed E-state index contributed by atoms with van der Waals surface area (Å²) in [5, 5.41) is 11.4. The van der Waals surface area contributed by atoms with E-state index < -0.39 is 0 Å². The van der Waals surface area contributed by atoms with Gasteiger partial charge in [0.25, 0.3) is 0 Å². The monoisotopic (exact) mass is 778 g/mol. The predicted octanol–water partition coefficient (Wildman–Crippen LogP) is 14.8. The van der Waals surface area contributed by atoms with Crippen LogP contribution in [0.3, 0.4) is 0 Å². The van der Waals surface area contributed by atoms with Crippen LogP contribution < -0.4 is 4.90 Å². The quantitative estimate of drug-likeness (QED) is 0.114. The van der Waals surface area contributed by atoms with Gasteiger partial charge in [-0.25, -0.2) is 0 Å². The van der Waals surface area contributed by atoms with Gasteiger partial charge in [-0.1, -0.05) is 168 Å². The fraction of sp³-hybridized carbons (Fsp3) is 0.464. The van der Waals surface area contributed by atoms with Crippen LogP contribution in [0.5, 0.6) is 5.75 Å². The van der Waals surface area contributed by atoms with Crippen LogP contribution in [-0.2, 0) is 43.1 Å². The summed E-state index contributed by atoms with van der Waals surface area (Å²) in [5.74, 6) is 1.74. The molecule has 0 aliphatic heterocycles. The Morgan fingerprint density at radius 1 is 0.483 bits per heavy atom. The fourth-order valence-electron chi connectivity index (χ4n) is 8.81. The first-order valence-corrected chi connectivity index (χ1v) is 22.1. The average Bonchev–Trinajstić information content (AvgIpc) is 3.12. The minimum Gasteiger partial charge on any atom is -0.507 e. The molecule has 0 saturated heterocycles. The summed E-state index contributed by atoms with van der Waals surface area (Å²) in [6.45, 7) is 30.3. The van der Waals surface area contributed by atoms with E-state index in [1.165, 1.54) is 56.6 Å². The van der Waals surface area contributed by atoms with Crippen molar-refractivity contribution >= 4 is 5.69 Å². The maximum Gasteiger partial charge on any atom is 0.123 e. The molecule has 2 unspecified atom stereocenters. The van der Waals surface area contributed by atoms with E-state index in [4.69, 9.17) is 0 Å². The number of rotatable bonds is 15. The molecule has 0 heterocycles. The molecule has 0 fully saturated rings. The van der Waals surface area contributed by atoms with Crippen molar-refractivity contribution in [1.29, 1.82) is 0 Å². The van der Waals surface area contributed by atoms with Gasteiger partial charge in [-0.15, -0.1) is 0 Å². The largest absolute Gasteiger partial charge is 0.507 e. The first-order chi connectivity index (χ1) is 27.1. The van der Waals surface area contributed by atoms with Crippen LogP contribution in [0.2, 0.25) is 0 Å². The summed E-state index contributed by atoms with van der Waals surface area (Å²) in [6.07, 6.45) is 6.34. The Hall–Kier alpha value is -4.30. The summed E-state index contributed by atoms with van der Waals surface area (Å²) in [6, 6.07) is 41.8. The first-order valence-electron chi connectivity index (χ1n) is 22.1. The average molecular weight is 778 g/mol. The van der Waals surface area contributed by atoms with Crippen LogP contribution in [0.15, 0.2) is 109 Å². The summed E-state index contributed by atoms with van der Waals surface area (Å²) >= 11 is 0. The number of benzene rings is 5. The second kappa shape index (κ2) is 18.7. The number of anilines is 1. The molecule has 58 heavy (non-hydrogen) atoms. The molecule has 0 aliphatic rings. The van der Waals surface area contributed by atoms with E-state index in [0.29, 0.717) is 29.0 Å². The van der Waals surface area contributed by atoms with Gasteiger partial charge in [0.2, 0.25) is 0 Å². The molecule has 5 rings (SSSR count). The third kappa shape index (κ3) is 13.1. The van der Waals surface area contributed by atoms with Gasteiger partial charge < -0.3 is 10.0 Å². The van der Waals surface area contributed by atoms with Crippen molar-refractivity contribution in [3.8, 4) is 5.75 Å². The summed E-state index contributed by atoms with van der Waals surface area (Å²) in [5.41, 5.74) is 14.1. The van der Waals surface area contributed by atoms with E-state index in [1.54, 1.807) is 0 Å². The molecular formula is C56H75NO. The Balaban J connectivity index is 1.21. The molecule has 0 amide bonds. The number of phenols is 1. The van der Waals surface area contributed by atoms with Crippen molar-refractivity contribution in [3.63, 3.8) is 0 Å². The van der Waals surface area contributed by atoms with Crippen molar-refractivity contribution in [1.82, 2.24) is 0 Å². The van der Waals surface area contributed by atoms with Crippen molar-refractivity contribution in [3.05, 3.63) is 165 Å². The van der Waals surface area contributed by atoms with Crippen molar-refractivity contribution in [2.75, 3.05) is 4.90 Å². The molecular weight excluding hydrogens is 703 g/mol. The van der Waals surface area contributed by atoms with Crippen LogP contribution >= 0.6 is 0 Å². The lowest BCUT2D eigenvalue weighted by molar-refractivity contribution is 0.306. The van der Waals surface area contributed by atoms with Gasteiger partial charge >= 0.3 is 0 Å².